The van der Waals surface area contributed by atoms with Crippen molar-refractivity contribution >= 4 is 0 Å². The molecule has 0 aliphatic carbocycles. The number of hydrogen-bond acceptors (Lipinski definition) is 3. The summed E-state index contributed by atoms with van der Waals surface area (Å²) in [6, 6.07) is 22.6. The Kier molecular flexibility index (Phi) is 9.07. The van der Waals surface area contributed by atoms with Gasteiger partial charge in [-0.1, -0.05) is 42.5 Å². The van der Waals surface area contributed by atoms with Crippen LogP contribution in [0, 0.1) is 7.43 Å². The van der Waals surface area contributed by atoms with Gasteiger partial charge in [0.05, 0.1) is 11.4 Å². The summed E-state index contributed by atoms with van der Waals surface area (Å²) < 4.78 is 0. The van der Waals surface area contributed by atoms with E-state index in [0.29, 0.717) is 0 Å². The van der Waals surface area contributed by atoms with Crippen LogP contribution in [0.4, 0.5) is 0 Å². The number of hydrogen-bond donors (Lipinski definition) is 0. The summed E-state index contributed by atoms with van der Waals surface area (Å²) in [4.78, 5) is 11.2. The predicted molar refractivity (Wildman–Crippen MR) is 94.3 cm³/mol. The van der Waals surface area contributed by atoms with Crippen molar-refractivity contribution in [1.29, 1.82) is 0 Å². The van der Waals surface area contributed by atoms with Gasteiger partial charge in [0, 0.05) is 32.0 Å². The van der Waals surface area contributed by atoms with Crippen molar-refractivity contribution in [3.63, 3.8) is 0 Å². The summed E-state index contributed by atoms with van der Waals surface area (Å²) in [7, 11) is 0. The Hall–Kier alpha value is -1.90. The monoisotopic (exact) mass is 368 g/mol. The molecule has 2 aromatic heterocycles. The van der Waals surface area contributed by atoms with E-state index in [9.17, 15) is 0 Å². The zero-order valence-corrected chi connectivity index (χ0v) is 17.1. The molecule has 3 rings (SSSR count). The molecule has 4 heteroatoms. The zero-order chi connectivity index (χ0) is 15.0. The van der Waals surface area contributed by atoms with E-state index in [1.165, 1.54) is 5.56 Å². The fraction of sp³-hybridized carbons (Fsp3) is 0.150. The maximum absolute atomic E-state index is 4.44. The van der Waals surface area contributed by atoms with Crippen LogP contribution >= 0.6 is 0 Å². The van der Waals surface area contributed by atoms with Gasteiger partial charge >= 0.3 is 19.5 Å². The fourth-order valence-corrected chi connectivity index (χ4v) is 2.45. The fourth-order valence-electron chi connectivity index (χ4n) is 2.45. The Morgan fingerprint density at radius 2 is 1.12 bits per heavy atom. The molecular formula is C20H22N3Zn+. The van der Waals surface area contributed by atoms with Crippen molar-refractivity contribution in [1.82, 2.24) is 14.9 Å². The Morgan fingerprint density at radius 1 is 0.625 bits per heavy atom. The summed E-state index contributed by atoms with van der Waals surface area (Å²) in [5.41, 5.74) is 3.46. The maximum atomic E-state index is 4.44. The van der Waals surface area contributed by atoms with Crippen LogP contribution in [0.2, 0.25) is 0 Å². The molecule has 0 atom stereocenters. The van der Waals surface area contributed by atoms with Crippen LogP contribution in [0.15, 0.2) is 79.1 Å². The van der Waals surface area contributed by atoms with Gasteiger partial charge in [-0.2, -0.15) is 0 Å². The predicted octanol–water partition coefficient (Wildman–Crippen LogP) is 4.13. The average molecular weight is 370 g/mol. The quantitative estimate of drug-likeness (QED) is 0.483. The standard InChI is InChI=1S/C19H19N3.CH3.Zn/c1-2-8-17(9-3-1)14-22(15-18-10-4-6-12-20-18)16-19-11-5-7-13-21-19;;/h1-13H,14-16H2;1H3;/q;-1;+2. The van der Waals surface area contributed by atoms with Crippen LogP contribution in [0.5, 0.6) is 0 Å². The number of aromatic nitrogens is 2. The van der Waals surface area contributed by atoms with Crippen molar-refractivity contribution in [3.8, 4) is 0 Å². The average Bonchev–Trinajstić information content (AvgIpc) is 2.57. The van der Waals surface area contributed by atoms with E-state index < -0.39 is 0 Å². The van der Waals surface area contributed by atoms with Gasteiger partial charge in [-0.15, -0.1) is 0 Å². The molecular weight excluding hydrogens is 348 g/mol. The third kappa shape index (κ3) is 6.31. The first-order valence-electron chi connectivity index (χ1n) is 7.46. The molecule has 2 heterocycles. The van der Waals surface area contributed by atoms with Crippen molar-refractivity contribution in [2.75, 3.05) is 0 Å². The van der Waals surface area contributed by atoms with Gasteiger partial charge in [0.25, 0.3) is 0 Å². The van der Waals surface area contributed by atoms with Crippen LogP contribution in [0.25, 0.3) is 0 Å². The number of nitrogens with zero attached hydrogens (tertiary/aromatic N) is 3. The number of benzene rings is 1. The topological polar surface area (TPSA) is 29.0 Å². The zero-order valence-electron chi connectivity index (χ0n) is 14.2. The van der Waals surface area contributed by atoms with E-state index in [-0.39, 0.29) is 26.9 Å². The van der Waals surface area contributed by atoms with Gasteiger partial charge in [0.1, 0.15) is 0 Å². The third-order valence-electron chi connectivity index (χ3n) is 3.47. The second kappa shape index (κ2) is 10.8. The first-order chi connectivity index (χ1) is 10.9. The molecule has 0 saturated carbocycles. The third-order valence-corrected chi connectivity index (χ3v) is 3.47. The van der Waals surface area contributed by atoms with Crippen molar-refractivity contribution in [2.45, 2.75) is 19.6 Å². The van der Waals surface area contributed by atoms with Crippen molar-refractivity contribution in [2.24, 2.45) is 0 Å². The van der Waals surface area contributed by atoms with Crippen molar-refractivity contribution < 1.29 is 19.5 Å². The molecule has 0 aliphatic rings. The minimum absolute atomic E-state index is 0. The second-order valence-corrected chi connectivity index (χ2v) is 5.27. The maximum Gasteiger partial charge on any atom is 2.00 e. The van der Waals surface area contributed by atoms with Gasteiger partial charge in [-0.25, -0.2) is 0 Å². The van der Waals surface area contributed by atoms with E-state index in [4.69, 9.17) is 0 Å². The molecule has 3 aromatic rings. The molecule has 0 amide bonds. The molecule has 0 radical (unpaired) electrons. The number of pyridine rings is 2. The minimum atomic E-state index is 0. The minimum Gasteiger partial charge on any atom is -0.358 e. The summed E-state index contributed by atoms with van der Waals surface area (Å²) in [6.07, 6.45) is 3.69. The molecule has 0 spiro atoms. The van der Waals surface area contributed by atoms with Crippen molar-refractivity contribution in [3.05, 3.63) is 104 Å². The van der Waals surface area contributed by atoms with Crippen LogP contribution in [-0.2, 0) is 39.1 Å². The Balaban J connectivity index is 0.00000144. The molecule has 3 nitrogen and oxygen atoms in total. The van der Waals surface area contributed by atoms with E-state index >= 15 is 0 Å². The van der Waals surface area contributed by atoms with Crippen LogP contribution in [0.1, 0.15) is 17.0 Å². The van der Waals surface area contributed by atoms with Gasteiger partial charge in [0.15, 0.2) is 0 Å². The van der Waals surface area contributed by atoms with Gasteiger partial charge < -0.3 is 7.43 Å². The molecule has 0 bridgehead atoms. The smallest absolute Gasteiger partial charge is 0.358 e. The van der Waals surface area contributed by atoms with E-state index in [1.807, 2.05) is 42.7 Å². The largest absolute Gasteiger partial charge is 2.00 e. The summed E-state index contributed by atoms with van der Waals surface area (Å²) >= 11 is 0. The van der Waals surface area contributed by atoms with Gasteiger partial charge in [-0.05, 0) is 29.8 Å². The molecule has 0 saturated heterocycles. The SMILES string of the molecule is [CH3-].[Zn+2].c1ccc(CN(Cc2ccccn2)Cc2ccccn2)cc1. The molecule has 0 aliphatic heterocycles. The van der Waals surface area contributed by atoms with Gasteiger partial charge in [0.2, 0.25) is 0 Å². The summed E-state index contributed by atoms with van der Waals surface area (Å²) in [5, 5.41) is 0. The molecule has 0 unspecified atom stereocenters. The Morgan fingerprint density at radius 3 is 1.58 bits per heavy atom. The van der Waals surface area contributed by atoms with E-state index in [0.717, 1.165) is 31.0 Å². The normalized spacial score (nSPS) is 9.88. The molecule has 1 aromatic carbocycles. The van der Waals surface area contributed by atoms with E-state index in [1.54, 1.807) is 0 Å². The Bertz CT molecular complexity index is 576. The van der Waals surface area contributed by atoms with Gasteiger partial charge in [-0.3, -0.25) is 14.9 Å². The molecule has 0 N–H and O–H groups in total. The molecule has 118 valence electrons. The summed E-state index contributed by atoms with van der Waals surface area (Å²) in [5.74, 6) is 0. The molecule has 0 fully saturated rings. The molecule has 24 heavy (non-hydrogen) atoms. The van der Waals surface area contributed by atoms with Crippen LogP contribution in [0.3, 0.4) is 0 Å². The first-order valence-corrected chi connectivity index (χ1v) is 7.46. The number of rotatable bonds is 6. The van der Waals surface area contributed by atoms with Crippen LogP contribution in [-0.4, -0.2) is 14.9 Å². The van der Waals surface area contributed by atoms with Crippen LogP contribution < -0.4 is 0 Å². The van der Waals surface area contributed by atoms with E-state index in [2.05, 4.69) is 51.3 Å². The summed E-state index contributed by atoms with van der Waals surface area (Å²) in [6.45, 7) is 2.51. The first kappa shape index (κ1) is 20.1. The Labute approximate surface area is 157 Å². The second-order valence-electron chi connectivity index (χ2n) is 5.27.